The second-order valence-electron chi connectivity index (χ2n) is 7.94. The molecule has 3 heterocycles. The van der Waals surface area contributed by atoms with Crippen molar-refractivity contribution >= 4 is 17.8 Å². The van der Waals surface area contributed by atoms with E-state index in [1.165, 1.54) is 12.4 Å². The molecular formula is C23H20N4O4. The van der Waals surface area contributed by atoms with E-state index in [-0.39, 0.29) is 17.8 Å². The molecule has 5 rings (SSSR count). The molecule has 0 bridgehead atoms. The van der Waals surface area contributed by atoms with Crippen molar-refractivity contribution in [1.82, 2.24) is 9.97 Å². The maximum absolute atomic E-state index is 12.7. The molecule has 1 saturated carbocycles. The quantitative estimate of drug-likeness (QED) is 0.400. The Morgan fingerprint density at radius 3 is 2.52 bits per heavy atom. The summed E-state index contributed by atoms with van der Waals surface area (Å²) in [5.74, 6) is -0.575. The number of ether oxygens (including phenoxy) is 1. The lowest BCUT2D eigenvalue weighted by atomic mass is 9.75. The van der Waals surface area contributed by atoms with Crippen molar-refractivity contribution in [3.8, 4) is 11.1 Å². The lowest BCUT2D eigenvalue weighted by Crippen LogP contribution is -2.36. The predicted octanol–water partition coefficient (Wildman–Crippen LogP) is 2.97. The Morgan fingerprint density at radius 1 is 1.10 bits per heavy atom. The van der Waals surface area contributed by atoms with Gasteiger partial charge in [-0.25, -0.2) is 14.8 Å². The SMILES string of the molecule is O=C1O[C@]2(CC[C@H](C(=O)Nc3ncc(-c4ccccc4)cn3)CC2)c2cc[n+]([O-])cc21. The first-order valence-corrected chi connectivity index (χ1v) is 10.2. The number of nitrogens with zero attached hydrogens (tertiary/aromatic N) is 3. The molecule has 1 amide bonds. The summed E-state index contributed by atoms with van der Waals surface area (Å²) in [5, 5.41) is 14.3. The Morgan fingerprint density at radius 2 is 1.81 bits per heavy atom. The Balaban J connectivity index is 1.24. The minimum absolute atomic E-state index is 0.141. The third kappa shape index (κ3) is 3.50. The highest BCUT2D eigenvalue weighted by Gasteiger charge is 2.49. The van der Waals surface area contributed by atoms with Gasteiger partial charge in [-0.05, 0) is 31.2 Å². The van der Waals surface area contributed by atoms with E-state index in [1.807, 2.05) is 30.3 Å². The van der Waals surface area contributed by atoms with Crippen LogP contribution in [-0.4, -0.2) is 21.8 Å². The lowest BCUT2D eigenvalue weighted by Gasteiger charge is -2.35. The molecule has 0 atom stereocenters. The van der Waals surface area contributed by atoms with Crippen LogP contribution in [-0.2, 0) is 15.1 Å². The number of anilines is 1. The number of hydrogen-bond donors (Lipinski definition) is 1. The summed E-state index contributed by atoms with van der Waals surface area (Å²) in [6.07, 6.45) is 8.18. The molecule has 8 heteroatoms. The summed E-state index contributed by atoms with van der Waals surface area (Å²) in [6.45, 7) is 0. The van der Waals surface area contributed by atoms with Crippen molar-refractivity contribution in [2.45, 2.75) is 31.3 Å². The zero-order chi connectivity index (χ0) is 21.4. The zero-order valence-electron chi connectivity index (χ0n) is 16.7. The fourth-order valence-electron chi connectivity index (χ4n) is 4.43. The molecule has 1 aliphatic heterocycles. The molecule has 0 unspecified atom stereocenters. The van der Waals surface area contributed by atoms with Gasteiger partial charge in [0.25, 0.3) is 0 Å². The van der Waals surface area contributed by atoms with Crippen molar-refractivity contribution in [3.05, 3.63) is 77.5 Å². The topological polar surface area (TPSA) is 108 Å². The fraction of sp³-hybridized carbons (Fsp3) is 0.261. The second kappa shape index (κ2) is 7.46. The number of nitrogens with one attached hydrogen (secondary N) is 1. The summed E-state index contributed by atoms with van der Waals surface area (Å²) in [5.41, 5.74) is 2.19. The van der Waals surface area contributed by atoms with Crippen LogP contribution < -0.4 is 10.0 Å². The van der Waals surface area contributed by atoms with E-state index in [1.54, 1.807) is 18.5 Å². The van der Waals surface area contributed by atoms with E-state index in [2.05, 4.69) is 15.3 Å². The van der Waals surface area contributed by atoms with E-state index >= 15 is 0 Å². The zero-order valence-corrected chi connectivity index (χ0v) is 16.7. The largest absolute Gasteiger partial charge is 0.619 e. The standard InChI is InChI=1S/C23H20N4O4/c28-20(26-22-24-12-17(13-25-22)15-4-2-1-3-5-15)16-6-9-23(10-7-16)19-8-11-27(30)14-18(19)21(29)31-23/h1-5,8,11-14,16H,6-7,9-10H2,(H,24,25,26,28)/t16-,23-. The lowest BCUT2D eigenvalue weighted by molar-refractivity contribution is -0.605. The molecule has 1 aromatic carbocycles. The summed E-state index contributed by atoms with van der Waals surface area (Å²) >= 11 is 0. The van der Waals surface area contributed by atoms with Crippen LogP contribution in [0.5, 0.6) is 0 Å². The van der Waals surface area contributed by atoms with Crippen molar-refractivity contribution in [2.75, 3.05) is 5.32 Å². The van der Waals surface area contributed by atoms with E-state index in [0.717, 1.165) is 16.7 Å². The first-order valence-electron chi connectivity index (χ1n) is 10.2. The van der Waals surface area contributed by atoms with E-state index in [9.17, 15) is 14.8 Å². The van der Waals surface area contributed by atoms with Crippen molar-refractivity contribution in [2.24, 2.45) is 5.92 Å². The van der Waals surface area contributed by atoms with Gasteiger partial charge in [0.05, 0.1) is 0 Å². The van der Waals surface area contributed by atoms with Gasteiger partial charge in [-0.3, -0.25) is 10.1 Å². The highest BCUT2D eigenvalue weighted by atomic mass is 16.6. The van der Waals surface area contributed by atoms with E-state index < -0.39 is 11.6 Å². The van der Waals surface area contributed by atoms with Crippen LogP contribution in [0.2, 0.25) is 0 Å². The van der Waals surface area contributed by atoms with Crippen molar-refractivity contribution in [1.29, 1.82) is 0 Å². The van der Waals surface area contributed by atoms with Crippen LogP contribution in [0.1, 0.15) is 41.6 Å². The van der Waals surface area contributed by atoms with Crippen LogP contribution in [0.4, 0.5) is 5.95 Å². The minimum atomic E-state index is -0.745. The molecule has 1 N–H and O–H groups in total. The number of aromatic nitrogens is 3. The van der Waals surface area contributed by atoms with Gasteiger partial charge in [0, 0.05) is 35.5 Å². The Bertz CT molecular complexity index is 1140. The van der Waals surface area contributed by atoms with Gasteiger partial charge in [0.15, 0.2) is 12.4 Å². The number of rotatable bonds is 3. The summed E-state index contributed by atoms with van der Waals surface area (Å²) in [6, 6.07) is 11.4. The smallest absolute Gasteiger partial charge is 0.345 e. The van der Waals surface area contributed by atoms with Crippen LogP contribution in [0.25, 0.3) is 11.1 Å². The Kier molecular flexibility index (Phi) is 4.62. The molecule has 1 spiro atoms. The molecule has 0 radical (unpaired) electrons. The maximum Gasteiger partial charge on any atom is 0.345 e. The molecule has 0 saturated heterocycles. The first-order chi connectivity index (χ1) is 15.0. The van der Waals surface area contributed by atoms with Crippen LogP contribution >= 0.6 is 0 Å². The average Bonchev–Trinajstić information content (AvgIpc) is 3.05. The van der Waals surface area contributed by atoms with Crippen LogP contribution in [0, 0.1) is 11.1 Å². The molecule has 2 aliphatic rings. The summed E-state index contributed by atoms with van der Waals surface area (Å²) in [4.78, 5) is 33.5. The van der Waals surface area contributed by atoms with E-state index in [0.29, 0.717) is 36.0 Å². The van der Waals surface area contributed by atoms with Crippen LogP contribution in [0.15, 0.2) is 61.2 Å². The first kappa shape index (κ1) is 19.2. The Hall–Kier alpha value is -3.81. The van der Waals surface area contributed by atoms with Gasteiger partial charge in [0.2, 0.25) is 11.9 Å². The normalized spacial score (nSPS) is 22.1. The number of pyridine rings is 1. The molecule has 31 heavy (non-hydrogen) atoms. The molecular weight excluding hydrogens is 396 g/mol. The van der Waals surface area contributed by atoms with Crippen molar-refractivity contribution in [3.63, 3.8) is 0 Å². The predicted molar refractivity (Wildman–Crippen MR) is 111 cm³/mol. The highest BCUT2D eigenvalue weighted by Crippen LogP contribution is 2.47. The van der Waals surface area contributed by atoms with Gasteiger partial charge in [-0.2, -0.15) is 4.73 Å². The van der Waals surface area contributed by atoms with E-state index in [4.69, 9.17) is 4.74 Å². The third-order valence-corrected chi connectivity index (χ3v) is 6.09. The highest BCUT2D eigenvalue weighted by molar-refractivity contribution is 5.94. The van der Waals surface area contributed by atoms with Crippen LogP contribution in [0.3, 0.4) is 0 Å². The molecule has 156 valence electrons. The molecule has 2 aromatic heterocycles. The number of carbonyl (C=O) groups is 2. The van der Waals surface area contributed by atoms with Gasteiger partial charge < -0.3 is 9.94 Å². The number of carbonyl (C=O) groups excluding carboxylic acids is 2. The summed E-state index contributed by atoms with van der Waals surface area (Å²) in [7, 11) is 0. The average molecular weight is 416 g/mol. The van der Waals surface area contributed by atoms with Gasteiger partial charge in [-0.15, -0.1) is 0 Å². The van der Waals surface area contributed by atoms with Gasteiger partial charge in [-0.1, -0.05) is 30.3 Å². The fourth-order valence-corrected chi connectivity index (χ4v) is 4.43. The minimum Gasteiger partial charge on any atom is -0.619 e. The molecule has 1 aliphatic carbocycles. The van der Waals surface area contributed by atoms with Gasteiger partial charge >= 0.3 is 5.97 Å². The number of fused-ring (bicyclic) bond motifs is 2. The third-order valence-electron chi connectivity index (χ3n) is 6.09. The van der Waals surface area contributed by atoms with Crippen molar-refractivity contribution < 1.29 is 19.1 Å². The maximum atomic E-state index is 12.7. The molecule has 8 nitrogen and oxygen atoms in total. The summed E-state index contributed by atoms with van der Waals surface area (Å²) < 4.78 is 6.27. The monoisotopic (exact) mass is 416 g/mol. The molecule has 1 fully saturated rings. The number of hydrogen-bond acceptors (Lipinski definition) is 6. The second-order valence-corrected chi connectivity index (χ2v) is 7.94. The number of benzene rings is 1. The number of amides is 1. The molecule has 3 aromatic rings. The number of esters is 1. The van der Waals surface area contributed by atoms with Gasteiger partial charge in [0.1, 0.15) is 11.2 Å². The Labute approximate surface area is 178 Å².